The summed E-state index contributed by atoms with van der Waals surface area (Å²) >= 11 is 0. The SMILES string of the molecule is CCC1CCN([C@@H](Cc2ccccc2)C(=O)O)C1=O.CCc1ccccc1.NC(=O)CCCCCN1C(=O)c2ccccc2C1=O. The van der Waals surface area contributed by atoms with Gasteiger partial charge in [-0.25, -0.2) is 4.79 Å². The summed E-state index contributed by atoms with van der Waals surface area (Å²) in [5.74, 6) is -1.70. The number of primary amides is 1. The van der Waals surface area contributed by atoms with Crippen LogP contribution < -0.4 is 5.73 Å². The van der Waals surface area contributed by atoms with Crippen molar-refractivity contribution in [3.63, 3.8) is 0 Å². The fourth-order valence-electron chi connectivity index (χ4n) is 5.52. The molecule has 4 amide bonds. The number of hydrogen-bond acceptors (Lipinski definition) is 5. The van der Waals surface area contributed by atoms with E-state index in [1.807, 2.05) is 43.3 Å². The van der Waals surface area contributed by atoms with Crippen LogP contribution in [0.4, 0.5) is 0 Å². The standard InChI is InChI=1S/C15H19NO3.C14H16N2O3.C8H10/c1-2-12-8-9-16(14(12)17)13(15(18)19)10-11-6-4-3-5-7-11;15-12(17)8-2-1-5-9-16-13(18)10-6-3-4-7-11(10)14(16)19;1-2-8-6-4-3-5-7-8/h3-7,12-13H,2,8-10H2,1H3,(H,18,19);3-4,6-7H,1-2,5,8-9H2,(H2,15,17);3-7H,2H2,1H3/t12?,13-;;/m0../s1. The molecule has 9 heteroatoms. The maximum absolute atomic E-state index is 12.1. The first kappa shape index (κ1) is 35.7. The van der Waals surface area contributed by atoms with E-state index in [-0.39, 0.29) is 29.5 Å². The quantitative estimate of drug-likeness (QED) is 0.200. The normalized spacial score (nSPS) is 15.8. The number of aliphatic carboxylic acids is 1. The van der Waals surface area contributed by atoms with Gasteiger partial charge >= 0.3 is 5.97 Å². The lowest BCUT2D eigenvalue weighted by molar-refractivity contribution is -0.149. The molecule has 46 heavy (non-hydrogen) atoms. The number of unbranched alkanes of at least 4 members (excludes halogenated alkanes) is 2. The Balaban J connectivity index is 0.000000203. The Morgan fingerprint density at radius 3 is 1.80 bits per heavy atom. The molecule has 2 aliphatic heterocycles. The van der Waals surface area contributed by atoms with E-state index in [1.165, 1.54) is 15.4 Å². The van der Waals surface area contributed by atoms with Crippen LogP contribution in [0.25, 0.3) is 0 Å². The van der Waals surface area contributed by atoms with Crippen LogP contribution in [-0.4, -0.2) is 63.6 Å². The lowest BCUT2D eigenvalue weighted by atomic mass is 10.0. The third-order valence-corrected chi connectivity index (χ3v) is 8.21. The molecule has 2 heterocycles. The van der Waals surface area contributed by atoms with Crippen molar-refractivity contribution in [2.24, 2.45) is 11.7 Å². The second-order valence-corrected chi connectivity index (χ2v) is 11.4. The zero-order valence-electron chi connectivity index (χ0n) is 26.8. The highest BCUT2D eigenvalue weighted by Crippen LogP contribution is 2.25. The van der Waals surface area contributed by atoms with Crippen molar-refractivity contribution in [2.45, 2.75) is 71.3 Å². The molecule has 2 atom stereocenters. The Bertz CT molecular complexity index is 1430. The highest BCUT2D eigenvalue weighted by molar-refractivity contribution is 6.21. The van der Waals surface area contributed by atoms with Gasteiger partial charge in [0.15, 0.2) is 0 Å². The number of likely N-dealkylation sites (tertiary alicyclic amines) is 1. The number of fused-ring (bicyclic) bond motifs is 1. The maximum Gasteiger partial charge on any atom is 0.326 e. The van der Waals surface area contributed by atoms with Gasteiger partial charge in [-0.05, 0) is 55.4 Å². The Kier molecular flexibility index (Phi) is 14.2. The van der Waals surface area contributed by atoms with Crippen molar-refractivity contribution < 1.29 is 29.1 Å². The van der Waals surface area contributed by atoms with Crippen LogP contribution in [0.2, 0.25) is 0 Å². The summed E-state index contributed by atoms with van der Waals surface area (Å²) in [4.78, 5) is 61.0. The average Bonchev–Trinajstić information content (AvgIpc) is 3.56. The van der Waals surface area contributed by atoms with Crippen LogP contribution in [0.5, 0.6) is 0 Å². The molecule has 1 fully saturated rings. The summed E-state index contributed by atoms with van der Waals surface area (Å²) in [5.41, 5.74) is 8.35. The Hall–Kier alpha value is -4.79. The topological polar surface area (TPSA) is 138 Å². The predicted molar refractivity (Wildman–Crippen MR) is 177 cm³/mol. The zero-order chi connectivity index (χ0) is 33.5. The Labute approximate surface area is 271 Å². The van der Waals surface area contributed by atoms with E-state index in [1.54, 1.807) is 24.3 Å². The third-order valence-electron chi connectivity index (χ3n) is 8.21. The lowest BCUT2D eigenvalue weighted by Gasteiger charge is -2.24. The lowest BCUT2D eigenvalue weighted by Crippen LogP contribution is -2.44. The predicted octanol–water partition coefficient (Wildman–Crippen LogP) is 5.52. The van der Waals surface area contributed by atoms with Crippen LogP contribution in [0, 0.1) is 5.92 Å². The molecule has 9 nitrogen and oxygen atoms in total. The molecule has 0 spiro atoms. The number of nitrogens with zero attached hydrogens (tertiary/aromatic N) is 2. The number of benzene rings is 3. The maximum atomic E-state index is 12.1. The second kappa shape index (κ2) is 18.2. The molecule has 0 aromatic heterocycles. The smallest absolute Gasteiger partial charge is 0.326 e. The van der Waals surface area contributed by atoms with Gasteiger partial charge in [-0.1, -0.05) is 93.1 Å². The van der Waals surface area contributed by atoms with Crippen molar-refractivity contribution in [1.82, 2.24) is 9.80 Å². The van der Waals surface area contributed by atoms with Gasteiger partial charge in [0.25, 0.3) is 11.8 Å². The number of carboxylic acid groups (broad SMARTS) is 1. The molecular formula is C37H45N3O6. The van der Waals surface area contributed by atoms with Gasteiger partial charge < -0.3 is 15.7 Å². The number of carbonyl (C=O) groups is 5. The summed E-state index contributed by atoms with van der Waals surface area (Å²) in [6.45, 7) is 5.08. The molecule has 2 aliphatic rings. The number of rotatable bonds is 12. The Morgan fingerprint density at radius 1 is 0.804 bits per heavy atom. The molecule has 0 aliphatic carbocycles. The van der Waals surface area contributed by atoms with E-state index in [4.69, 9.17) is 5.73 Å². The van der Waals surface area contributed by atoms with Gasteiger partial charge in [0, 0.05) is 31.8 Å². The van der Waals surface area contributed by atoms with Crippen molar-refractivity contribution >= 4 is 29.6 Å². The first-order chi connectivity index (χ1) is 22.2. The van der Waals surface area contributed by atoms with E-state index >= 15 is 0 Å². The van der Waals surface area contributed by atoms with Crippen molar-refractivity contribution in [1.29, 1.82) is 0 Å². The summed E-state index contributed by atoms with van der Waals surface area (Å²) < 4.78 is 0. The molecule has 0 bridgehead atoms. The second-order valence-electron chi connectivity index (χ2n) is 11.4. The number of carbonyl (C=O) groups excluding carboxylic acids is 4. The number of amides is 4. The number of imide groups is 1. The highest BCUT2D eigenvalue weighted by Gasteiger charge is 2.38. The fraction of sp³-hybridized carbons (Fsp3) is 0.378. The van der Waals surface area contributed by atoms with Gasteiger partial charge in [0.2, 0.25) is 11.8 Å². The van der Waals surface area contributed by atoms with Crippen molar-refractivity contribution in [3.8, 4) is 0 Å². The first-order valence-corrected chi connectivity index (χ1v) is 16.0. The summed E-state index contributed by atoms with van der Waals surface area (Å²) in [6.07, 6.45) is 5.58. The summed E-state index contributed by atoms with van der Waals surface area (Å²) in [7, 11) is 0. The first-order valence-electron chi connectivity index (χ1n) is 16.0. The molecule has 0 radical (unpaired) electrons. The van der Waals surface area contributed by atoms with E-state index in [0.29, 0.717) is 49.9 Å². The van der Waals surface area contributed by atoms with Gasteiger partial charge in [-0.15, -0.1) is 0 Å². The summed E-state index contributed by atoms with van der Waals surface area (Å²) in [5, 5.41) is 9.38. The van der Waals surface area contributed by atoms with Crippen LogP contribution in [0.3, 0.4) is 0 Å². The van der Waals surface area contributed by atoms with Crippen LogP contribution >= 0.6 is 0 Å². The molecule has 3 aromatic carbocycles. The van der Waals surface area contributed by atoms with E-state index in [9.17, 15) is 29.1 Å². The highest BCUT2D eigenvalue weighted by atomic mass is 16.4. The molecule has 3 aromatic rings. The van der Waals surface area contributed by atoms with Crippen LogP contribution in [-0.2, 0) is 27.2 Å². The van der Waals surface area contributed by atoms with Gasteiger partial charge in [0.05, 0.1) is 11.1 Å². The van der Waals surface area contributed by atoms with E-state index in [0.717, 1.165) is 31.2 Å². The van der Waals surface area contributed by atoms with Crippen molar-refractivity contribution in [3.05, 3.63) is 107 Å². The Morgan fingerprint density at radius 2 is 1.35 bits per heavy atom. The minimum atomic E-state index is -0.922. The summed E-state index contributed by atoms with van der Waals surface area (Å²) in [6, 6.07) is 26.0. The van der Waals surface area contributed by atoms with Crippen LogP contribution in [0.15, 0.2) is 84.9 Å². The molecule has 244 valence electrons. The molecule has 3 N–H and O–H groups in total. The van der Waals surface area contributed by atoms with E-state index in [2.05, 4.69) is 31.2 Å². The molecule has 1 saturated heterocycles. The largest absolute Gasteiger partial charge is 0.480 e. The minimum absolute atomic E-state index is 0.00220. The number of hydrogen-bond donors (Lipinski definition) is 2. The average molecular weight is 628 g/mol. The van der Waals surface area contributed by atoms with Gasteiger partial charge in [-0.3, -0.25) is 24.1 Å². The van der Waals surface area contributed by atoms with Crippen LogP contribution in [0.1, 0.15) is 84.2 Å². The van der Waals surface area contributed by atoms with E-state index < -0.39 is 12.0 Å². The number of nitrogens with two attached hydrogens (primary N) is 1. The van der Waals surface area contributed by atoms with Gasteiger partial charge in [-0.2, -0.15) is 0 Å². The van der Waals surface area contributed by atoms with Crippen molar-refractivity contribution in [2.75, 3.05) is 13.1 Å². The number of carboxylic acids is 1. The molecule has 1 unspecified atom stereocenters. The number of aryl methyl sites for hydroxylation is 1. The fourth-order valence-corrected chi connectivity index (χ4v) is 5.52. The molecule has 5 rings (SSSR count). The zero-order valence-corrected chi connectivity index (χ0v) is 26.8. The monoisotopic (exact) mass is 627 g/mol. The molecule has 0 saturated carbocycles. The van der Waals surface area contributed by atoms with Gasteiger partial charge in [0.1, 0.15) is 6.04 Å². The third kappa shape index (κ3) is 10.1. The minimum Gasteiger partial charge on any atom is -0.480 e. The molecular weight excluding hydrogens is 582 g/mol.